The first kappa shape index (κ1) is 20.2. The van der Waals surface area contributed by atoms with Crippen LogP contribution in [0, 0.1) is 5.92 Å². The van der Waals surface area contributed by atoms with Gasteiger partial charge in [0, 0.05) is 5.75 Å². The molecule has 0 aliphatic carbocycles. The molecule has 0 radical (unpaired) electrons. The number of carboxylic acids is 1. The van der Waals surface area contributed by atoms with Crippen LogP contribution in [0.4, 0.5) is 0 Å². The summed E-state index contributed by atoms with van der Waals surface area (Å²) in [5, 5.41) is 13.3. The fraction of sp³-hybridized carbons (Fsp3) is 0.667. The zero-order valence-corrected chi connectivity index (χ0v) is 13.3. The molecule has 0 rings (SSSR count). The topological polar surface area (TPSA) is 165 Å². The minimum absolute atomic E-state index is 0.149. The van der Waals surface area contributed by atoms with Gasteiger partial charge in [-0.3, -0.25) is 14.4 Å². The number of carboxylic acid groups (broad SMARTS) is 1. The van der Waals surface area contributed by atoms with E-state index >= 15 is 0 Å². The summed E-state index contributed by atoms with van der Waals surface area (Å²) in [6.07, 6.45) is -0.471. The van der Waals surface area contributed by atoms with Crippen molar-refractivity contribution in [3.8, 4) is 0 Å². The van der Waals surface area contributed by atoms with E-state index in [1.54, 1.807) is 13.8 Å². The fourth-order valence-electron chi connectivity index (χ4n) is 1.44. The highest BCUT2D eigenvalue weighted by molar-refractivity contribution is 7.80. The van der Waals surface area contributed by atoms with Crippen LogP contribution in [0.3, 0.4) is 0 Å². The van der Waals surface area contributed by atoms with Gasteiger partial charge in [0.25, 0.3) is 0 Å². The number of nitrogens with one attached hydrogen (secondary N) is 2. The molecular formula is C12H22N4O5S. The molecular weight excluding hydrogens is 312 g/mol. The lowest BCUT2D eigenvalue weighted by Gasteiger charge is -2.22. The van der Waals surface area contributed by atoms with Gasteiger partial charge < -0.3 is 27.2 Å². The number of hydrogen-bond donors (Lipinski definition) is 6. The van der Waals surface area contributed by atoms with Crippen molar-refractivity contribution in [3.63, 3.8) is 0 Å². The van der Waals surface area contributed by atoms with Gasteiger partial charge in [-0.05, 0) is 5.92 Å². The van der Waals surface area contributed by atoms with E-state index in [1.807, 2.05) is 0 Å². The molecule has 0 saturated carbocycles. The molecule has 126 valence electrons. The molecule has 10 heteroatoms. The number of thiol groups is 1. The van der Waals surface area contributed by atoms with Gasteiger partial charge in [0.1, 0.15) is 12.1 Å². The summed E-state index contributed by atoms with van der Waals surface area (Å²) in [6.45, 7) is 3.43. The van der Waals surface area contributed by atoms with Crippen LogP contribution in [0.25, 0.3) is 0 Å². The van der Waals surface area contributed by atoms with Crippen molar-refractivity contribution in [2.75, 3.05) is 5.75 Å². The second kappa shape index (κ2) is 9.26. The second-order valence-corrected chi connectivity index (χ2v) is 5.45. The van der Waals surface area contributed by atoms with E-state index in [2.05, 4.69) is 23.3 Å². The van der Waals surface area contributed by atoms with E-state index in [0.29, 0.717) is 0 Å². The van der Waals surface area contributed by atoms with E-state index < -0.39 is 48.2 Å². The van der Waals surface area contributed by atoms with Gasteiger partial charge in [0.15, 0.2) is 0 Å². The monoisotopic (exact) mass is 334 g/mol. The van der Waals surface area contributed by atoms with Crippen LogP contribution >= 0.6 is 12.6 Å². The van der Waals surface area contributed by atoms with Crippen molar-refractivity contribution >= 4 is 36.3 Å². The molecule has 3 amide bonds. The molecule has 0 aromatic heterocycles. The molecule has 3 atom stereocenters. The van der Waals surface area contributed by atoms with Gasteiger partial charge in [-0.2, -0.15) is 12.6 Å². The SMILES string of the molecule is CC(C)[C@H](N)C(=O)N[C@@H](CC(N)=O)C(=O)N[C@@H](CS)C(=O)O. The molecule has 0 fully saturated rings. The smallest absolute Gasteiger partial charge is 0.327 e. The van der Waals surface area contributed by atoms with Crippen molar-refractivity contribution in [3.05, 3.63) is 0 Å². The van der Waals surface area contributed by atoms with Gasteiger partial charge in [0.2, 0.25) is 17.7 Å². The van der Waals surface area contributed by atoms with Crippen molar-refractivity contribution < 1.29 is 24.3 Å². The summed E-state index contributed by atoms with van der Waals surface area (Å²) in [4.78, 5) is 45.8. The molecule has 22 heavy (non-hydrogen) atoms. The average molecular weight is 334 g/mol. The number of nitrogens with two attached hydrogens (primary N) is 2. The van der Waals surface area contributed by atoms with Crippen LogP contribution in [-0.4, -0.2) is 52.7 Å². The van der Waals surface area contributed by atoms with Gasteiger partial charge in [0.05, 0.1) is 12.5 Å². The fourth-order valence-corrected chi connectivity index (χ4v) is 1.69. The molecule has 0 unspecified atom stereocenters. The molecule has 9 nitrogen and oxygen atoms in total. The van der Waals surface area contributed by atoms with Gasteiger partial charge in [-0.25, -0.2) is 4.79 Å². The summed E-state index contributed by atoms with van der Waals surface area (Å²) >= 11 is 3.80. The van der Waals surface area contributed by atoms with E-state index in [9.17, 15) is 19.2 Å². The maximum Gasteiger partial charge on any atom is 0.327 e. The van der Waals surface area contributed by atoms with Gasteiger partial charge in [-0.1, -0.05) is 13.8 Å². The number of amides is 3. The summed E-state index contributed by atoms with van der Waals surface area (Å²) < 4.78 is 0. The summed E-state index contributed by atoms with van der Waals surface area (Å²) in [6, 6.07) is -3.42. The Bertz CT molecular complexity index is 443. The van der Waals surface area contributed by atoms with Crippen LogP contribution < -0.4 is 22.1 Å². The Morgan fingerprint density at radius 1 is 1.09 bits per heavy atom. The number of primary amides is 1. The first-order valence-corrected chi connectivity index (χ1v) is 7.21. The third-order valence-electron chi connectivity index (χ3n) is 2.86. The van der Waals surface area contributed by atoms with Crippen LogP contribution in [0.2, 0.25) is 0 Å². The predicted octanol–water partition coefficient (Wildman–Crippen LogP) is -2.17. The van der Waals surface area contributed by atoms with Crippen LogP contribution in [0.15, 0.2) is 0 Å². The number of carbonyl (C=O) groups is 4. The molecule has 7 N–H and O–H groups in total. The van der Waals surface area contributed by atoms with Crippen molar-refractivity contribution in [1.29, 1.82) is 0 Å². The van der Waals surface area contributed by atoms with Crippen molar-refractivity contribution in [2.24, 2.45) is 17.4 Å². The highest BCUT2D eigenvalue weighted by atomic mass is 32.1. The molecule has 0 aromatic carbocycles. The third kappa shape index (κ3) is 6.76. The molecule has 0 bridgehead atoms. The van der Waals surface area contributed by atoms with Crippen LogP contribution in [0.5, 0.6) is 0 Å². The van der Waals surface area contributed by atoms with Crippen LogP contribution in [0.1, 0.15) is 20.3 Å². The number of aliphatic carboxylic acids is 1. The normalized spacial score (nSPS) is 14.8. The van der Waals surface area contributed by atoms with Gasteiger partial charge >= 0.3 is 5.97 Å². The third-order valence-corrected chi connectivity index (χ3v) is 3.22. The highest BCUT2D eigenvalue weighted by Crippen LogP contribution is 2.01. The minimum Gasteiger partial charge on any atom is -0.480 e. The summed E-state index contributed by atoms with van der Waals surface area (Å²) in [7, 11) is 0. The predicted molar refractivity (Wildman–Crippen MR) is 82.0 cm³/mol. The number of rotatable bonds is 9. The molecule has 0 aliphatic rings. The van der Waals surface area contributed by atoms with Gasteiger partial charge in [-0.15, -0.1) is 0 Å². The Hall–Kier alpha value is -1.81. The maximum absolute atomic E-state index is 12.0. The largest absolute Gasteiger partial charge is 0.480 e. The van der Waals surface area contributed by atoms with Crippen molar-refractivity contribution in [2.45, 2.75) is 38.4 Å². The Morgan fingerprint density at radius 2 is 1.59 bits per heavy atom. The lowest BCUT2D eigenvalue weighted by Crippen LogP contribution is -2.56. The zero-order valence-electron chi connectivity index (χ0n) is 12.4. The Balaban J connectivity index is 4.97. The first-order chi connectivity index (χ1) is 10.1. The minimum atomic E-state index is -1.29. The number of carbonyl (C=O) groups excluding carboxylic acids is 3. The first-order valence-electron chi connectivity index (χ1n) is 6.58. The lowest BCUT2D eigenvalue weighted by atomic mass is 10.0. The van der Waals surface area contributed by atoms with E-state index in [1.165, 1.54) is 0 Å². The van der Waals surface area contributed by atoms with Crippen LogP contribution in [-0.2, 0) is 19.2 Å². The molecule has 0 heterocycles. The Morgan fingerprint density at radius 3 is 1.95 bits per heavy atom. The summed E-state index contributed by atoms with van der Waals surface area (Å²) in [5.74, 6) is -3.91. The highest BCUT2D eigenvalue weighted by Gasteiger charge is 2.29. The van der Waals surface area contributed by atoms with E-state index in [4.69, 9.17) is 16.6 Å². The molecule has 0 aromatic rings. The average Bonchev–Trinajstić information content (AvgIpc) is 2.41. The lowest BCUT2D eigenvalue weighted by molar-refractivity contribution is -0.141. The Kier molecular flexibility index (Phi) is 8.50. The van der Waals surface area contributed by atoms with E-state index in [-0.39, 0.29) is 11.7 Å². The number of hydrogen-bond acceptors (Lipinski definition) is 6. The second-order valence-electron chi connectivity index (χ2n) is 5.08. The van der Waals surface area contributed by atoms with Crippen molar-refractivity contribution in [1.82, 2.24) is 10.6 Å². The summed E-state index contributed by atoms with van der Waals surface area (Å²) in [5.41, 5.74) is 10.7. The molecule has 0 aliphatic heterocycles. The maximum atomic E-state index is 12.0. The van der Waals surface area contributed by atoms with E-state index in [0.717, 1.165) is 0 Å². The molecule has 0 saturated heterocycles. The standard InChI is InChI=1S/C12H22N4O5S/c1-5(2)9(14)11(19)15-6(3-8(13)17)10(18)16-7(4-22)12(20)21/h5-7,9,22H,3-4,14H2,1-2H3,(H2,13,17)(H,15,19)(H,16,18)(H,20,21)/t6-,7-,9-/m0/s1. The quantitative estimate of drug-likeness (QED) is 0.263. The Labute approximate surface area is 133 Å². The molecule has 0 spiro atoms. The zero-order chi connectivity index (χ0) is 17.4.